The van der Waals surface area contributed by atoms with E-state index in [2.05, 4.69) is 10.3 Å². The molecular weight excluding hydrogens is 390 g/mol. The molecule has 0 spiro atoms. The third kappa shape index (κ3) is 4.07. The van der Waals surface area contributed by atoms with Crippen molar-refractivity contribution in [2.45, 2.75) is 31.7 Å². The van der Waals surface area contributed by atoms with Crippen molar-refractivity contribution >= 4 is 32.6 Å². The van der Waals surface area contributed by atoms with Crippen molar-refractivity contribution in [3.8, 4) is 5.75 Å². The van der Waals surface area contributed by atoms with E-state index in [-0.39, 0.29) is 18.0 Å². The molecule has 27 heavy (non-hydrogen) atoms. The summed E-state index contributed by atoms with van der Waals surface area (Å²) in [6.07, 6.45) is -0.0958. The van der Waals surface area contributed by atoms with Crippen LogP contribution in [0.1, 0.15) is 23.1 Å². The molecule has 1 aromatic heterocycles. The number of carbonyl (C=O) groups is 1. The van der Waals surface area contributed by atoms with Crippen LogP contribution in [0.15, 0.2) is 23.1 Å². The molecule has 1 N–H and O–H groups in total. The number of fused-ring (bicyclic) bond motifs is 1. The number of methoxy groups -OCH3 is 1. The Morgan fingerprint density at radius 3 is 2.89 bits per heavy atom. The van der Waals surface area contributed by atoms with E-state index in [0.717, 1.165) is 16.1 Å². The predicted molar refractivity (Wildman–Crippen MR) is 102 cm³/mol. The van der Waals surface area contributed by atoms with Crippen molar-refractivity contribution in [1.29, 1.82) is 0 Å². The summed E-state index contributed by atoms with van der Waals surface area (Å²) < 4.78 is 37.8. The lowest BCUT2D eigenvalue weighted by molar-refractivity contribution is 0.168. The van der Waals surface area contributed by atoms with Gasteiger partial charge in [-0.25, -0.2) is 18.2 Å². The number of benzene rings is 1. The molecule has 146 valence electrons. The summed E-state index contributed by atoms with van der Waals surface area (Å²) in [5, 5.41) is 2.98. The molecule has 0 saturated heterocycles. The van der Waals surface area contributed by atoms with Crippen LogP contribution in [-0.4, -0.2) is 44.1 Å². The summed E-state index contributed by atoms with van der Waals surface area (Å²) in [6, 6.07) is 5.08. The summed E-state index contributed by atoms with van der Waals surface area (Å²) in [5.41, 5.74) is 1.64. The Kier molecular flexibility index (Phi) is 5.68. The Balaban J connectivity index is 1.84. The van der Waals surface area contributed by atoms with E-state index in [1.165, 1.54) is 22.8 Å². The molecule has 0 radical (unpaired) electrons. The number of hydrogen-bond acceptors (Lipinski definition) is 7. The molecule has 3 rings (SSSR count). The Morgan fingerprint density at radius 2 is 2.19 bits per heavy atom. The van der Waals surface area contributed by atoms with Crippen LogP contribution >= 0.6 is 11.3 Å². The zero-order valence-corrected chi connectivity index (χ0v) is 16.9. The topological polar surface area (TPSA) is 97.8 Å². The molecule has 1 aromatic carbocycles. The van der Waals surface area contributed by atoms with Gasteiger partial charge in [-0.05, 0) is 31.5 Å². The number of aryl methyl sites for hydroxylation is 1. The third-order valence-electron chi connectivity index (χ3n) is 4.12. The lowest BCUT2D eigenvalue weighted by atomic mass is 10.2. The molecule has 2 aromatic rings. The summed E-state index contributed by atoms with van der Waals surface area (Å²) in [5.74, 6) is 0.320. The number of amides is 1. The van der Waals surface area contributed by atoms with Crippen molar-refractivity contribution in [2.75, 3.05) is 25.6 Å². The second kappa shape index (κ2) is 7.83. The lowest BCUT2D eigenvalue weighted by Gasteiger charge is -2.26. The Hall–Kier alpha value is -2.17. The van der Waals surface area contributed by atoms with Gasteiger partial charge in [0.1, 0.15) is 10.6 Å². The second-order valence-corrected chi connectivity index (χ2v) is 8.97. The first-order valence-electron chi connectivity index (χ1n) is 8.42. The van der Waals surface area contributed by atoms with Crippen LogP contribution in [0.5, 0.6) is 5.75 Å². The third-order valence-corrected chi connectivity index (χ3v) is 6.98. The fraction of sp³-hybridized carbons (Fsp3) is 0.412. The average molecular weight is 412 g/mol. The number of ether oxygens (including phenoxy) is 2. The minimum absolute atomic E-state index is 0.155. The number of thiazole rings is 1. The van der Waals surface area contributed by atoms with Gasteiger partial charge >= 0.3 is 6.09 Å². The fourth-order valence-electron chi connectivity index (χ4n) is 2.81. The SMILES string of the molecule is CCOC(=O)Nc1nc2c(s1)CN(S(=O)(=O)c1cc(C)ccc1OC)CC2. The molecular formula is C17H21N3O5S2. The van der Waals surface area contributed by atoms with Crippen molar-refractivity contribution in [3.63, 3.8) is 0 Å². The molecule has 0 aliphatic carbocycles. The molecule has 2 heterocycles. The van der Waals surface area contributed by atoms with Crippen LogP contribution < -0.4 is 10.1 Å². The van der Waals surface area contributed by atoms with Crippen LogP contribution in [0.2, 0.25) is 0 Å². The van der Waals surface area contributed by atoms with Crippen molar-refractivity contribution in [1.82, 2.24) is 9.29 Å². The largest absolute Gasteiger partial charge is 0.495 e. The summed E-state index contributed by atoms with van der Waals surface area (Å²) in [7, 11) is -2.26. The van der Waals surface area contributed by atoms with Gasteiger partial charge < -0.3 is 9.47 Å². The first-order valence-corrected chi connectivity index (χ1v) is 10.7. The van der Waals surface area contributed by atoms with Gasteiger partial charge in [-0.2, -0.15) is 4.31 Å². The smallest absolute Gasteiger partial charge is 0.413 e. The van der Waals surface area contributed by atoms with Gasteiger partial charge in [-0.1, -0.05) is 17.4 Å². The zero-order chi connectivity index (χ0) is 19.6. The normalized spacial score (nSPS) is 14.5. The maximum absolute atomic E-state index is 13.1. The highest BCUT2D eigenvalue weighted by Crippen LogP contribution is 2.34. The lowest BCUT2D eigenvalue weighted by Crippen LogP contribution is -2.35. The van der Waals surface area contributed by atoms with Gasteiger partial charge in [0.25, 0.3) is 0 Å². The molecule has 8 nitrogen and oxygen atoms in total. The van der Waals surface area contributed by atoms with Crippen molar-refractivity contribution in [2.24, 2.45) is 0 Å². The first-order chi connectivity index (χ1) is 12.8. The summed E-state index contributed by atoms with van der Waals surface area (Å²) in [6.45, 7) is 4.34. The monoisotopic (exact) mass is 411 g/mol. The van der Waals surface area contributed by atoms with Crippen molar-refractivity contribution < 1.29 is 22.7 Å². The molecule has 0 unspecified atom stereocenters. The highest BCUT2D eigenvalue weighted by atomic mass is 32.2. The number of aromatic nitrogens is 1. The van der Waals surface area contributed by atoms with Gasteiger partial charge in [0.05, 0.1) is 26.0 Å². The highest BCUT2D eigenvalue weighted by Gasteiger charge is 2.32. The van der Waals surface area contributed by atoms with Crippen LogP contribution in [0.3, 0.4) is 0 Å². The maximum Gasteiger partial charge on any atom is 0.413 e. The van der Waals surface area contributed by atoms with Gasteiger partial charge in [0, 0.05) is 17.8 Å². The number of anilines is 1. The van der Waals surface area contributed by atoms with E-state index in [9.17, 15) is 13.2 Å². The minimum Gasteiger partial charge on any atom is -0.495 e. The van der Waals surface area contributed by atoms with Crippen LogP contribution in [0.4, 0.5) is 9.93 Å². The number of hydrogen-bond donors (Lipinski definition) is 1. The highest BCUT2D eigenvalue weighted by molar-refractivity contribution is 7.89. The van der Waals surface area contributed by atoms with Gasteiger partial charge in [-0.15, -0.1) is 0 Å². The van der Waals surface area contributed by atoms with E-state index < -0.39 is 16.1 Å². The maximum atomic E-state index is 13.1. The molecule has 0 saturated carbocycles. The number of rotatable bonds is 5. The summed E-state index contributed by atoms with van der Waals surface area (Å²) >= 11 is 1.26. The van der Waals surface area contributed by atoms with Crippen LogP contribution in [-0.2, 0) is 27.7 Å². The number of sulfonamides is 1. The van der Waals surface area contributed by atoms with Gasteiger partial charge in [0.15, 0.2) is 5.13 Å². The van der Waals surface area contributed by atoms with E-state index in [1.54, 1.807) is 19.1 Å². The van der Waals surface area contributed by atoms with Crippen LogP contribution in [0.25, 0.3) is 0 Å². The number of nitrogens with one attached hydrogen (secondary N) is 1. The molecule has 0 atom stereocenters. The predicted octanol–water partition coefficient (Wildman–Crippen LogP) is 2.78. The molecule has 1 aliphatic rings. The molecule has 0 fully saturated rings. The molecule has 1 amide bonds. The van der Waals surface area contributed by atoms with E-state index in [0.29, 0.717) is 23.8 Å². The van der Waals surface area contributed by atoms with E-state index in [4.69, 9.17) is 9.47 Å². The number of nitrogens with zero attached hydrogens (tertiary/aromatic N) is 2. The Labute approximate surface area is 162 Å². The average Bonchev–Trinajstić information content (AvgIpc) is 3.03. The standard InChI is InChI=1S/C17H21N3O5S2/c1-4-25-17(21)19-16-18-12-7-8-20(10-14(12)26-16)27(22,23)15-9-11(2)5-6-13(15)24-3/h5-6,9H,4,7-8,10H2,1-3H3,(H,18,19,21). The van der Waals surface area contributed by atoms with E-state index in [1.807, 2.05) is 13.0 Å². The first kappa shape index (κ1) is 19.6. The zero-order valence-electron chi connectivity index (χ0n) is 15.3. The summed E-state index contributed by atoms with van der Waals surface area (Å²) in [4.78, 5) is 16.9. The van der Waals surface area contributed by atoms with Gasteiger partial charge in [0.2, 0.25) is 10.0 Å². The molecule has 1 aliphatic heterocycles. The van der Waals surface area contributed by atoms with Gasteiger partial charge in [-0.3, -0.25) is 5.32 Å². The van der Waals surface area contributed by atoms with Crippen LogP contribution in [0, 0.1) is 6.92 Å². The van der Waals surface area contributed by atoms with Crippen molar-refractivity contribution in [3.05, 3.63) is 34.3 Å². The second-order valence-electron chi connectivity index (χ2n) is 5.98. The fourth-order valence-corrected chi connectivity index (χ4v) is 5.55. The van der Waals surface area contributed by atoms with E-state index >= 15 is 0 Å². The molecule has 0 bridgehead atoms. The Bertz CT molecular complexity index is 955. The molecule has 10 heteroatoms. The number of carbonyl (C=O) groups excluding carboxylic acids is 1. The minimum atomic E-state index is -3.72. The Morgan fingerprint density at radius 1 is 1.41 bits per heavy atom. The quantitative estimate of drug-likeness (QED) is 0.812.